The Kier molecular flexibility index (Phi) is 4.41. The van der Waals surface area contributed by atoms with Crippen molar-refractivity contribution in [3.63, 3.8) is 0 Å². The number of aromatic nitrogens is 1. The van der Waals surface area contributed by atoms with Gasteiger partial charge in [0.15, 0.2) is 0 Å². The standard InChI is InChI=1S/C15H20N2O5S/c1-15(2,3)22-14(18)17-9-12(23(19,20)16-4)13-10(17)7-6-8-11(13)21-5/h6-9,16H,1-5H3. The van der Waals surface area contributed by atoms with E-state index in [2.05, 4.69) is 4.72 Å². The molecule has 0 spiro atoms. The third-order valence-electron chi connectivity index (χ3n) is 3.12. The Bertz CT molecular complexity index is 847. The zero-order chi connectivity index (χ0) is 17.4. The summed E-state index contributed by atoms with van der Waals surface area (Å²) in [5.41, 5.74) is -0.304. The van der Waals surface area contributed by atoms with Gasteiger partial charge in [-0.1, -0.05) is 6.07 Å². The second kappa shape index (κ2) is 5.86. The topological polar surface area (TPSA) is 86.6 Å². The molecule has 0 fully saturated rings. The molecule has 0 aliphatic carbocycles. The Balaban J connectivity index is 2.76. The van der Waals surface area contributed by atoms with E-state index in [0.29, 0.717) is 16.7 Å². The zero-order valence-corrected chi connectivity index (χ0v) is 14.5. The van der Waals surface area contributed by atoms with Crippen LogP contribution in [0.2, 0.25) is 0 Å². The molecular formula is C15H20N2O5S. The summed E-state index contributed by atoms with van der Waals surface area (Å²) in [5, 5.41) is 0.329. The van der Waals surface area contributed by atoms with E-state index in [4.69, 9.17) is 9.47 Å². The van der Waals surface area contributed by atoms with Crippen molar-refractivity contribution in [3.8, 4) is 5.75 Å². The molecular weight excluding hydrogens is 320 g/mol. The van der Waals surface area contributed by atoms with Gasteiger partial charge < -0.3 is 9.47 Å². The van der Waals surface area contributed by atoms with Crippen molar-refractivity contribution in [1.29, 1.82) is 0 Å². The quantitative estimate of drug-likeness (QED) is 0.927. The number of hydrogen-bond acceptors (Lipinski definition) is 5. The van der Waals surface area contributed by atoms with Crippen LogP contribution in [0.3, 0.4) is 0 Å². The van der Waals surface area contributed by atoms with Crippen LogP contribution in [-0.2, 0) is 14.8 Å². The molecule has 0 atom stereocenters. The van der Waals surface area contributed by atoms with Crippen LogP contribution < -0.4 is 9.46 Å². The summed E-state index contributed by atoms with van der Waals surface area (Å²) < 4.78 is 38.5. The Hall–Kier alpha value is -2.06. The fourth-order valence-corrected chi connectivity index (χ4v) is 3.10. The van der Waals surface area contributed by atoms with E-state index in [0.717, 1.165) is 0 Å². The predicted molar refractivity (Wildman–Crippen MR) is 86.4 cm³/mol. The minimum atomic E-state index is -3.77. The van der Waals surface area contributed by atoms with Crippen LogP contribution in [0.25, 0.3) is 10.9 Å². The molecule has 0 aliphatic heterocycles. The van der Waals surface area contributed by atoms with Crippen molar-refractivity contribution in [2.24, 2.45) is 0 Å². The first-order chi connectivity index (χ1) is 10.6. The second-order valence-electron chi connectivity index (χ2n) is 5.91. The van der Waals surface area contributed by atoms with Gasteiger partial charge in [0.1, 0.15) is 16.2 Å². The SMILES string of the molecule is CNS(=O)(=O)c1cn(C(=O)OC(C)(C)C)c2cccc(OC)c12. The van der Waals surface area contributed by atoms with E-state index < -0.39 is 21.7 Å². The molecule has 0 saturated carbocycles. The highest BCUT2D eigenvalue weighted by atomic mass is 32.2. The van der Waals surface area contributed by atoms with Crippen molar-refractivity contribution in [3.05, 3.63) is 24.4 Å². The number of benzene rings is 1. The number of sulfonamides is 1. The zero-order valence-electron chi connectivity index (χ0n) is 13.7. The maximum Gasteiger partial charge on any atom is 0.419 e. The normalized spacial score (nSPS) is 12.4. The van der Waals surface area contributed by atoms with Gasteiger partial charge in [-0.2, -0.15) is 0 Å². The third kappa shape index (κ3) is 3.32. The van der Waals surface area contributed by atoms with Crippen LogP contribution in [0.1, 0.15) is 20.8 Å². The molecule has 1 N–H and O–H groups in total. The fraction of sp³-hybridized carbons (Fsp3) is 0.400. The van der Waals surface area contributed by atoms with Crippen molar-refractivity contribution in [2.75, 3.05) is 14.2 Å². The number of ether oxygens (including phenoxy) is 2. The van der Waals surface area contributed by atoms with Gasteiger partial charge in [0.25, 0.3) is 0 Å². The van der Waals surface area contributed by atoms with Crippen LogP contribution in [0.5, 0.6) is 5.75 Å². The number of hydrogen-bond donors (Lipinski definition) is 1. The van der Waals surface area contributed by atoms with Crippen LogP contribution in [-0.4, -0.2) is 38.8 Å². The monoisotopic (exact) mass is 340 g/mol. The summed E-state index contributed by atoms with van der Waals surface area (Å²) in [4.78, 5) is 12.3. The van der Waals surface area contributed by atoms with Gasteiger partial charge in [-0.25, -0.2) is 17.9 Å². The summed E-state index contributed by atoms with van der Waals surface area (Å²) in [5.74, 6) is 0.360. The summed E-state index contributed by atoms with van der Waals surface area (Å²) >= 11 is 0. The smallest absolute Gasteiger partial charge is 0.419 e. The lowest BCUT2D eigenvalue weighted by Crippen LogP contribution is -2.26. The minimum absolute atomic E-state index is 0.0432. The van der Waals surface area contributed by atoms with E-state index in [-0.39, 0.29) is 4.90 Å². The molecule has 2 aromatic rings. The Morgan fingerprint density at radius 1 is 1.26 bits per heavy atom. The summed E-state index contributed by atoms with van der Waals surface area (Å²) in [6, 6.07) is 4.95. The summed E-state index contributed by atoms with van der Waals surface area (Å²) in [7, 11) is -1.03. The van der Waals surface area contributed by atoms with E-state index >= 15 is 0 Å². The number of fused-ring (bicyclic) bond motifs is 1. The number of nitrogens with one attached hydrogen (secondary N) is 1. The molecule has 2 rings (SSSR count). The van der Waals surface area contributed by atoms with Crippen molar-refractivity contribution < 1.29 is 22.7 Å². The van der Waals surface area contributed by atoms with Crippen molar-refractivity contribution in [2.45, 2.75) is 31.3 Å². The fourth-order valence-electron chi connectivity index (χ4n) is 2.17. The lowest BCUT2D eigenvalue weighted by molar-refractivity contribution is 0.0544. The lowest BCUT2D eigenvalue weighted by atomic mass is 10.2. The van der Waals surface area contributed by atoms with Gasteiger partial charge in [-0.15, -0.1) is 0 Å². The molecule has 0 saturated heterocycles. The molecule has 1 heterocycles. The molecule has 8 heteroatoms. The first-order valence-electron chi connectivity index (χ1n) is 6.95. The number of carbonyl (C=O) groups is 1. The third-order valence-corrected chi connectivity index (χ3v) is 4.55. The average molecular weight is 340 g/mol. The molecule has 0 bridgehead atoms. The molecule has 0 unspecified atom stereocenters. The van der Waals surface area contributed by atoms with E-state index in [1.54, 1.807) is 39.0 Å². The highest BCUT2D eigenvalue weighted by molar-refractivity contribution is 7.89. The molecule has 7 nitrogen and oxygen atoms in total. The molecule has 23 heavy (non-hydrogen) atoms. The van der Waals surface area contributed by atoms with Gasteiger partial charge >= 0.3 is 6.09 Å². The van der Waals surface area contributed by atoms with Crippen LogP contribution in [0.15, 0.2) is 29.3 Å². The van der Waals surface area contributed by atoms with E-state index in [9.17, 15) is 13.2 Å². The predicted octanol–water partition coefficient (Wildman–Crippen LogP) is 2.34. The summed E-state index contributed by atoms with van der Waals surface area (Å²) in [6.45, 7) is 5.22. The molecule has 1 aromatic heterocycles. The Labute approximate surface area is 135 Å². The van der Waals surface area contributed by atoms with Crippen LogP contribution in [0.4, 0.5) is 4.79 Å². The molecule has 0 aliphatic rings. The van der Waals surface area contributed by atoms with Gasteiger partial charge in [0.2, 0.25) is 10.0 Å². The molecule has 1 aromatic carbocycles. The van der Waals surface area contributed by atoms with E-state index in [1.807, 2.05) is 0 Å². The van der Waals surface area contributed by atoms with Crippen molar-refractivity contribution >= 4 is 27.0 Å². The number of carbonyl (C=O) groups excluding carboxylic acids is 1. The average Bonchev–Trinajstić information content (AvgIpc) is 2.85. The maximum absolute atomic E-state index is 12.4. The largest absolute Gasteiger partial charge is 0.496 e. The molecule has 0 radical (unpaired) electrons. The van der Waals surface area contributed by atoms with Gasteiger partial charge in [-0.05, 0) is 40.0 Å². The van der Waals surface area contributed by atoms with Crippen molar-refractivity contribution in [1.82, 2.24) is 9.29 Å². The lowest BCUT2D eigenvalue weighted by Gasteiger charge is -2.19. The molecule has 0 amide bonds. The van der Waals surface area contributed by atoms with Gasteiger partial charge in [0, 0.05) is 6.20 Å². The van der Waals surface area contributed by atoms with E-state index in [1.165, 1.54) is 24.9 Å². The first kappa shape index (κ1) is 17.3. The van der Waals surface area contributed by atoms with Crippen LogP contribution >= 0.6 is 0 Å². The van der Waals surface area contributed by atoms with Gasteiger partial charge in [-0.3, -0.25) is 4.57 Å². The highest BCUT2D eigenvalue weighted by Gasteiger charge is 2.26. The number of rotatable bonds is 3. The highest BCUT2D eigenvalue weighted by Crippen LogP contribution is 2.33. The molecule has 126 valence electrons. The number of nitrogens with zero attached hydrogens (tertiary/aromatic N) is 1. The summed E-state index contributed by atoms with van der Waals surface area (Å²) in [6.07, 6.45) is 0.584. The minimum Gasteiger partial charge on any atom is -0.496 e. The second-order valence-corrected chi connectivity index (χ2v) is 7.76. The maximum atomic E-state index is 12.4. The Morgan fingerprint density at radius 2 is 1.91 bits per heavy atom. The first-order valence-corrected chi connectivity index (χ1v) is 8.44. The number of methoxy groups -OCH3 is 1. The van der Waals surface area contributed by atoms with Gasteiger partial charge in [0.05, 0.1) is 18.0 Å². The van der Waals surface area contributed by atoms with Crippen LogP contribution in [0, 0.1) is 0 Å². The Morgan fingerprint density at radius 3 is 2.43 bits per heavy atom.